The summed E-state index contributed by atoms with van der Waals surface area (Å²) in [5.74, 6) is -2.55. The molecular weight excluding hydrogens is 370 g/mol. The van der Waals surface area contributed by atoms with Crippen LogP contribution in [-0.4, -0.2) is 35.2 Å². The van der Waals surface area contributed by atoms with Crippen molar-refractivity contribution >= 4 is 40.6 Å². The fourth-order valence-electron chi connectivity index (χ4n) is 3.13. The van der Waals surface area contributed by atoms with Crippen LogP contribution in [0.3, 0.4) is 0 Å². The highest BCUT2D eigenvalue weighted by atomic mass is 32.2. The highest BCUT2D eigenvalue weighted by Crippen LogP contribution is 2.45. The topological polar surface area (TPSA) is 86.6 Å². The molecule has 2 aliphatic heterocycles. The average Bonchev–Trinajstić information content (AvgIpc) is 3.05. The largest absolute Gasteiger partial charge is 0.473 e. The predicted octanol–water partition coefficient (Wildman–Crippen LogP) is 3.69. The van der Waals surface area contributed by atoms with Gasteiger partial charge in [0.25, 0.3) is 0 Å². The van der Waals surface area contributed by atoms with Crippen LogP contribution in [0.2, 0.25) is 0 Å². The number of carboxylic acids is 2. The second-order valence-electron chi connectivity index (χ2n) is 5.91. The Morgan fingerprint density at radius 2 is 1.65 bits per heavy atom. The summed E-state index contributed by atoms with van der Waals surface area (Å²) in [7, 11) is 0. The van der Waals surface area contributed by atoms with Gasteiger partial charge in [-0.3, -0.25) is 0 Å². The maximum absolute atomic E-state index is 9.10. The van der Waals surface area contributed by atoms with Gasteiger partial charge in [-0.15, -0.1) is 23.1 Å². The van der Waals surface area contributed by atoms with Gasteiger partial charge in [0.15, 0.2) is 0 Å². The molecule has 0 atom stereocenters. The molecule has 0 aliphatic carbocycles. The van der Waals surface area contributed by atoms with Crippen molar-refractivity contribution in [2.75, 3.05) is 13.1 Å². The van der Waals surface area contributed by atoms with Gasteiger partial charge >= 0.3 is 11.9 Å². The van der Waals surface area contributed by atoms with Gasteiger partial charge < -0.3 is 15.5 Å². The molecule has 3 heterocycles. The van der Waals surface area contributed by atoms with E-state index in [0.717, 1.165) is 18.8 Å². The first kappa shape index (κ1) is 18.7. The molecule has 2 aromatic rings. The number of piperidine rings is 1. The van der Waals surface area contributed by atoms with E-state index in [1.807, 2.05) is 23.1 Å². The number of hydrogen-bond donors (Lipinski definition) is 3. The van der Waals surface area contributed by atoms with Crippen molar-refractivity contribution in [3.63, 3.8) is 0 Å². The summed E-state index contributed by atoms with van der Waals surface area (Å²) in [4.78, 5) is 18.2. The van der Waals surface area contributed by atoms with Crippen LogP contribution in [0.25, 0.3) is 5.57 Å². The fourth-order valence-corrected chi connectivity index (χ4v) is 5.23. The van der Waals surface area contributed by atoms with Gasteiger partial charge in [-0.25, -0.2) is 9.59 Å². The first-order valence-corrected chi connectivity index (χ1v) is 10.1. The molecule has 0 amide bonds. The van der Waals surface area contributed by atoms with E-state index in [9.17, 15) is 0 Å². The van der Waals surface area contributed by atoms with Gasteiger partial charge in [-0.1, -0.05) is 29.8 Å². The van der Waals surface area contributed by atoms with Crippen molar-refractivity contribution < 1.29 is 19.8 Å². The van der Waals surface area contributed by atoms with Crippen LogP contribution in [-0.2, 0) is 15.3 Å². The smallest absolute Gasteiger partial charge is 0.414 e. The van der Waals surface area contributed by atoms with Gasteiger partial charge in [0.2, 0.25) is 0 Å². The Bertz CT molecular complexity index is 837. The van der Waals surface area contributed by atoms with E-state index in [1.165, 1.54) is 39.3 Å². The molecule has 7 heteroatoms. The summed E-state index contributed by atoms with van der Waals surface area (Å²) in [6.07, 6.45) is 2.37. The van der Waals surface area contributed by atoms with Crippen molar-refractivity contribution in [2.24, 2.45) is 0 Å². The van der Waals surface area contributed by atoms with Gasteiger partial charge in [0.1, 0.15) is 0 Å². The number of hydrogen-bond acceptors (Lipinski definition) is 5. The minimum Gasteiger partial charge on any atom is -0.473 e. The third-order valence-electron chi connectivity index (χ3n) is 4.29. The highest BCUT2D eigenvalue weighted by molar-refractivity contribution is 8.00. The molecule has 5 nitrogen and oxygen atoms in total. The lowest BCUT2D eigenvalue weighted by Gasteiger charge is -2.21. The van der Waals surface area contributed by atoms with E-state index >= 15 is 0 Å². The first-order valence-electron chi connectivity index (χ1n) is 8.26. The first-order chi connectivity index (χ1) is 12.6. The lowest BCUT2D eigenvalue weighted by atomic mass is 9.88. The molecule has 0 saturated carbocycles. The number of carbonyl (C=O) groups is 2. The minimum absolute atomic E-state index is 1.10. The molecule has 1 fully saturated rings. The third kappa shape index (κ3) is 4.17. The number of fused-ring (bicyclic) bond motifs is 2. The zero-order valence-electron chi connectivity index (χ0n) is 14.0. The maximum atomic E-state index is 9.10. The van der Waals surface area contributed by atoms with Gasteiger partial charge in [0, 0.05) is 11.3 Å². The number of thiophene rings is 1. The van der Waals surface area contributed by atoms with E-state index in [1.54, 1.807) is 5.57 Å². The van der Waals surface area contributed by atoms with Crippen LogP contribution in [0.15, 0.2) is 45.5 Å². The maximum Gasteiger partial charge on any atom is 0.414 e. The summed E-state index contributed by atoms with van der Waals surface area (Å²) < 4.78 is 1.49. The Morgan fingerprint density at radius 1 is 0.962 bits per heavy atom. The van der Waals surface area contributed by atoms with Crippen molar-refractivity contribution in [1.82, 2.24) is 5.32 Å². The lowest BCUT2D eigenvalue weighted by molar-refractivity contribution is -0.159. The van der Waals surface area contributed by atoms with Gasteiger partial charge in [-0.05, 0) is 54.1 Å². The molecule has 1 aromatic carbocycles. The summed E-state index contributed by atoms with van der Waals surface area (Å²) in [5.41, 5.74) is 7.60. The zero-order valence-corrected chi connectivity index (χ0v) is 15.7. The average molecular weight is 389 g/mol. The molecule has 136 valence electrons. The van der Waals surface area contributed by atoms with Crippen LogP contribution < -0.4 is 5.32 Å². The molecular formula is C19H19NO4S2. The molecule has 1 aromatic heterocycles. The number of benzene rings is 1. The van der Waals surface area contributed by atoms with Crippen LogP contribution in [0.5, 0.6) is 0 Å². The van der Waals surface area contributed by atoms with Gasteiger partial charge in [-0.2, -0.15) is 0 Å². The van der Waals surface area contributed by atoms with Crippen LogP contribution in [0.1, 0.15) is 29.5 Å². The van der Waals surface area contributed by atoms with Crippen LogP contribution in [0, 0.1) is 0 Å². The highest BCUT2D eigenvalue weighted by Gasteiger charge is 2.23. The molecule has 0 radical (unpaired) electrons. The number of nitrogens with one attached hydrogen (secondary N) is 1. The predicted molar refractivity (Wildman–Crippen MR) is 104 cm³/mol. The van der Waals surface area contributed by atoms with Crippen molar-refractivity contribution in [2.45, 2.75) is 22.8 Å². The standard InChI is InChI=1S/C17H17NS2.C2H2O4/c1-2-4-14-13(3-1)11-20-17-15(7-10-19-17)16(14)12-5-8-18-9-6-12;3-1(4)2(5)6/h1-4,7,10,18H,5-6,8-9,11H2;(H,3,4)(H,5,6). The lowest BCUT2D eigenvalue weighted by Crippen LogP contribution is -2.23. The number of rotatable bonds is 0. The van der Waals surface area contributed by atoms with E-state index in [-0.39, 0.29) is 0 Å². The van der Waals surface area contributed by atoms with Crippen molar-refractivity contribution in [1.29, 1.82) is 0 Å². The molecule has 2 aliphatic rings. The number of aliphatic carboxylic acids is 2. The quantitative estimate of drug-likeness (QED) is 0.596. The summed E-state index contributed by atoms with van der Waals surface area (Å²) >= 11 is 3.89. The monoisotopic (exact) mass is 389 g/mol. The van der Waals surface area contributed by atoms with E-state index in [0.29, 0.717) is 0 Å². The second kappa shape index (κ2) is 8.53. The fraction of sp³-hybridized carbons (Fsp3) is 0.263. The summed E-state index contributed by atoms with van der Waals surface area (Å²) in [5, 5.41) is 20.5. The van der Waals surface area contributed by atoms with E-state index in [4.69, 9.17) is 19.8 Å². The number of thioether (sulfide) groups is 1. The summed E-state index contributed by atoms with van der Waals surface area (Å²) in [6.45, 7) is 2.24. The molecule has 3 N–H and O–H groups in total. The van der Waals surface area contributed by atoms with Crippen molar-refractivity contribution in [3.8, 4) is 0 Å². The zero-order chi connectivity index (χ0) is 18.5. The molecule has 26 heavy (non-hydrogen) atoms. The van der Waals surface area contributed by atoms with Gasteiger partial charge in [0.05, 0.1) is 4.21 Å². The molecule has 0 spiro atoms. The van der Waals surface area contributed by atoms with E-state index in [2.05, 4.69) is 41.0 Å². The Labute approximate surface area is 159 Å². The van der Waals surface area contributed by atoms with Crippen LogP contribution in [0.4, 0.5) is 0 Å². The SMILES string of the molecule is O=C(O)C(=O)O.c1ccc2c(c1)CSc1sccc1C2=C1CCNCC1. The normalized spacial score (nSPS) is 15.8. The molecule has 1 saturated heterocycles. The van der Waals surface area contributed by atoms with E-state index < -0.39 is 11.9 Å². The minimum atomic E-state index is -1.82. The Balaban J connectivity index is 0.000000286. The molecule has 0 bridgehead atoms. The molecule has 0 unspecified atom stereocenters. The Morgan fingerprint density at radius 3 is 2.35 bits per heavy atom. The Hall–Kier alpha value is -2.09. The number of carboxylic acid groups (broad SMARTS) is 2. The van der Waals surface area contributed by atoms with Crippen LogP contribution >= 0.6 is 23.1 Å². The van der Waals surface area contributed by atoms with Crippen molar-refractivity contribution in [3.05, 3.63) is 58.0 Å². The summed E-state index contributed by atoms with van der Waals surface area (Å²) in [6, 6.07) is 11.3. The molecule has 4 rings (SSSR count). The third-order valence-corrected chi connectivity index (χ3v) is 6.57. The second-order valence-corrected chi connectivity index (χ2v) is 8.07. The Kier molecular flexibility index (Phi) is 6.13.